The van der Waals surface area contributed by atoms with Crippen LogP contribution >= 0.6 is 0 Å². The van der Waals surface area contributed by atoms with Gasteiger partial charge in [0.15, 0.2) is 11.6 Å². The highest BCUT2D eigenvalue weighted by Crippen LogP contribution is 2.48. The van der Waals surface area contributed by atoms with E-state index in [0.29, 0.717) is 0 Å². The maximum Gasteiger partial charge on any atom is 0.158 e. The second kappa shape index (κ2) is 25.7. The summed E-state index contributed by atoms with van der Waals surface area (Å²) in [7, 11) is 2.02. The van der Waals surface area contributed by atoms with Gasteiger partial charge < -0.3 is 0 Å². The topological polar surface area (TPSA) is 30.7 Å². The van der Waals surface area contributed by atoms with Gasteiger partial charge in [0, 0.05) is 19.0 Å². The number of nitrogens with zero attached hydrogens (tertiary/aromatic N) is 3. The van der Waals surface area contributed by atoms with Gasteiger partial charge in [0.05, 0.1) is 0 Å². The summed E-state index contributed by atoms with van der Waals surface area (Å²) in [5.41, 5.74) is 28.2. The highest BCUT2D eigenvalue weighted by atomic mass is 15.3. The molecule has 484 valence electrons. The standard InChI is InChI=1S/C89H113N3/c1-26-28-80-90-81(92(25)91-80)66-30-27-29-65(47-66)67-48-78(68-50-74(61-31-39-70(40-32-61)86(17,18)54-82(5,6)7)58(2)75(51-68)62-33-41-71(42-34-62)87(19,20)55-83(8,9)10)60(4)79(49-67)69-52-76(63-35-43-72(44-36-63)88(21,22)56-84(11,12)13)59(3)77(53-69)64-37-45-73(46-38-64)89(23,24)57-85(14,15)16/h27,29-53H,26,28,54-57H2,1-25H3. The van der Waals surface area contributed by atoms with E-state index in [1.807, 2.05) is 11.7 Å². The number of rotatable bonds is 18. The Kier molecular flexibility index (Phi) is 19.3. The zero-order valence-corrected chi connectivity index (χ0v) is 61.6. The molecule has 0 bridgehead atoms. The Morgan fingerprint density at radius 2 is 0.565 bits per heavy atom. The summed E-state index contributed by atoms with van der Waals surface area (Å²) in [4.78, 5) is 5.11. The molecule has 3 nitrogen and oxygen atoms in total. The fourth-order valence-corrected chi connectivity index (χ4v) is 16.4. The molecular formula is C89H113N3. The van der Waals surface area contributed by atoms with Crippen LogP contribution in [0.15, 0.2) is 158 Å². The summed E-state index contributed by atoms with van der Waals surface area (Å²) in [6, 6.07) is 62.1. The minimum Gasteiger partial charge on any atom is -0.249 e. The van der Waals surface area contributed by atoms with Crippen LogP contribution in [0, 0.1) is 42.4 Å². The third-order valence-corrected chi connectivity index (χ3v) is 19.4. The monoisotopic (exact) mass is 1220 g/mol. The fraction of sp³-hybridized carbons (Fsp3) is 0.438. The Labute approximate surface area is 558 Å². The molecule has 3 heteroatoms. The number of hydrogen-bond donors (Lipinski definition) is 0. The molecule has 0 saturated heterocycles. The van der Waals surface area contributed by atoms with Crippen LogP contribution in [0.4, 0.5) is 0 Å². The van der Waals surface area contributed by atoms with E-state index >= 15 is 0 Å². The molecule has 0 fully saturated rings. The molecule has 8 aromatic carbocycles. The lowest BCUT2D eigenvalue weighted by Gasteiger charge is -2.33. The molecule has 0 atom stereocenters. The summed E-state index contributed by atoms with van der Waals surface area (Å²) >= 11 is 0. The Balaban J connectivity index is 1.33. The molecule has 0 N–H and O–H groups in total. The van der Waals surface area contributed by atoms with Crippen LogP contribution < -0.4 is 0 Å². The first-order valence-corrected chi connectivity index (χ1v) is 34.5. The molecule has 0 aliphatic rings. The molecule has 0 radical (unpaired) electrons. The van der Waals surface area contributed by atoms with Crippen molar-refractivity contribution in [1.29, 1.82) is 0 Å². The molecule has 0 aliphatic carbocycles. The van der Waals surface area contributed by atoms with E-state index in [1.165, 1.54) is 106 Å². The van der Waals surface area contributed by atoms with Crippen molar-refractivity contribution < 1.29 is 0 Å². The number of benzene rings is 8. The molecule has 0 unspecified atom stereocenters. The SMILES string of the molecule is CCCc1nc(-c2cccc(-c3cc(-c4cc(-c5ccc(C(C)(C)CC(C)(C)C)cc5)c(C)c(-c5ccc(C(C)(C)CC(C)(C)C)cc5)c4)c(C)c(-c4cc(-c5ccc(C(C)(C)CC(C)(C)C)cc5)c(C)c(-c5ccc(C(C)(C)CC(C)(C)C)cc5)c4)c3)c2)n(C)n1. The highest BCUT2D eigenvalue weighted by molar-refractivity contribution is 5.93. The first kappa shape index (κ1) is 69.2. The molecule has 1 heterocycles. The molecule has 0 aliphatic heterocycles. The average Bonchev–Trinajstić information content (AvgIpc) is 0.858. The van der Waals surface area contributed by atoms with Gasteiger partial charge in [0.2, 0.25) is 0 Å². The smallest absolute Gasteiger partial charge is 0.158 e. The molecule has 9 rings (SSSR count). The number of hydrogen-bond acceptors (Lipinski definition) is 2. The van der Waals surface area contributed by atoms with Crippen molar-refractivity contribution in [2.24, 2.45) is 28.7 Å². The van der Waals surface area contributed by atoms with Gasteiger partial charge in [-0.15, -0.1) is 0 Å². The molecule has 0 spiro atoms. The third-order valence-electron chi connectivity index (χ3n) is 19.4. The van der Waals surface area contributed by atoms with Crippen molar-refractivity contribution in [3.05, 3.63) is 202 Å². The molecule has 92 heavy (non-hydrogen) atoms. The summed E-state index contributed by atoms with van der Waals surface area (Å²) in [5, 5.41) is 4.87. The van der Waals surface area contributed by atoms with E-state index in [2.05, 4.69) is 324 Å². The number of aromatic nitrogens is 3. The molecule has 0 amide bonds. The van der Waals surface area contributed by atoms with Gasteiger partial charge in [0.1, 0.15) is 0 Å². The van der Waals surface area contributed by atoms with Crippen LogP contribution in [0.5, 0.6) is 0 Å². The Morgan fingerprint density at radius 3 is 0.837 bits per heavy atom. The van der Waals surface area contributed by atoms with Crippen molar-refractivity contribution >= 4 is 0 Å². The summed E-state index contributed by atoms with van der Waals surface area (Å²) in [5.74, 6) is 1.76. The minimum atomic E-state index is 0.0197. The van der Waals surface area contributed by atoms with Crippen LogP contribution in [-0.2, 0) is 35.1 Å². The van der Waals surface area contributed by atoms with Gasteiger partial charge in [-0.3, -0.25) is 0 Å². The number of aryl methyl sites for hydroxylation is 2. The summed E-state index contributed by atoms with van der Waals surface area (Å²) < 4.78 is 1.95. The fourth-order valence-electron chi connectivity index (χ4n) is 16.4. The maximum absolute atomic E-state index is 5.11. The predicted octanol–water partition coefficient (Wildman–Crippen LogP) is 25.9. The quantitative estimate of drug-likeness (QED) is 0.0857. The first-order chi connectivity index (χ1) is 42.6. The van der Waals surface area contributed by atoms with Crippen molar-refractivity contribution in [2.45, 2.75) is 226 Å². The lowest BCUT2D eigenvalue weighted by Crippen LogP contribution is -2.24. The van der Waals surface area contributed by atoms with Crippen molar-refractivity contribution in [1.82, 2.24) is 14.8 Å². The summed E-state index contributed by atoms with van der Waals surface area (Å²) in [6.45, 7) is 56.8. The van der Waals surface area contributed by atoms with E-state index in [-0.39, 0.29) is 43.3 Å². The van der Waals surface area contributed by atoms with Crippen LogP contribution in [0.25, 0.3) is 89.3 Å². The lowest BCUT2D eigenvalue weighted by atomic mass is 9.72. The lowest BCUT2D eigenvalue weighted by molar-refractivity contribution is 0.283. The van der Waals surface area contributed by atoms with Crippen LogP contribution in [0.1, 0.15) is 222 Å². The normalized spacial score (nSPS) is 13.1. The van der Waals surface area contributed by atoms with Gasteiger partial charge in [0.25, 0.3) is 0 Å². The molecular weight excluding hydrogens is 1110 g/mol. The van der Waals surface area contributed by atoms with Gasteiger partial charge in [-0.1, -0.05) is 261 Å². The summed E-state index contributed by atoms with van der Waals surface area (Å²) in [6.07, 6.45) is 6.20. The molecule has 0 saturated carbocycles. The van der Waals surface area contributed by atoms with Gasteiger partial charge in [-0.25, -0.2) is 9.67 Å². The Hall–Kier alpha value is -7.10. The van der Waals surface area contributed by atoms with Crippen LogP contribution in [0.3, 0.4) is 0 Å². The maximum atomic E-state index is 5.11. The van der Waals surface area contributed by atoms with Gasteiger partial charge >= 0.3 is 0 Å². The Morgan fingerprint density at radius 1 is 0.304 bits per heavy atom. The Bertz CT molecular complexity index is 3660. The van der Waals surface area contributed by atoms with E-state index in [9.17, 15) is 0 Å². The van der Waals surface area contributed by atoms with E-state index in [1.54, 1.807) is 0 Å². The predicted molar refractivity (Wildman–Crippen MR) is 401 cm³/mol. The highest BCUT2D eigenvalue weighted by Gasteiger charge is 2.32. The van der Waals surface area contributed by atoms with E-state index < -0.39 is 0 Å². The second-order valence-corrected chi connectivity index (χ2v) is 35.2. The minimum absolute atomic E-state index is 0.0197. The third kappa shape index (κ3) is 16.1. The van der Waals surface area contributed by atoms with Crippen molar-refractivity contribution in [3.63, 3.8) is 0 Å². The van der Waals surface area contributed by atoms with E-state index in [4.69, 9.17) is 10.1 Å². The van der Waals surface area contributed by atoms with E-state index in [0.717, 1.165) is 66.9 Å². The van der Waals surface area contributed by atoms with Crippen LogP contribution in [-0.4, -0.2) is 14.8 Å². The van der Waals surface area contributed by atoms with Gasteiger partial charge in [-0.05, 0) is 255 Å². The average molecular weight is 1220 g/mol. The van der Waals surface area contributed by atoms with Crippen molar-refractivity contribution in [2.75, 3.05) is 0 Å². The van der Waals surface area contributed by atoms with Gasteiger partial charge in [-0.2, -0.15) is 5.10 Å². The molecule has 1 aromatic heterocycles. The largest absolute Gasteiger partial charge is 0.249 e. The first-order valence-electron chi connectivity index (χ1n) is 34.5. The van der Waals surface area contributed by atoms with Crippen molar-refractivity contribution in [3.8, 4) is 89.3 Å². The zero-order chi connectivity index (χ0) is 67.5. The second-order valence-electron chi connectivity index (χ2n) is 35.2. The molecule has 9 aromatic rings. The zero-order valence-electron chi connectivity index (χ0n) is 61.6. The van der Waals surface area contributed by atoms with Crippen LogP contribution in [0.2, 0.25) is 0 Å².